The summed E-state index contributed by atoms with van der Waals surface area (Å²) in [5.41, 5.74) is 0.822. The van der Waals surface area contributed by atoms with Crippen molar-refractivity contribution in [2.24, 2.45) is 0 Å². The predicted molar refractivity (Wildman–Crippen MR) is 50.4 cm³/mol. The number of nitrogens with zero attached hydrogens (tertiary/aromatic N) is 2. The first kappa shape index (κ1) is 10.9. The van der Waals surface area contributed by atoms with Crippen LogP contribution in [0.15, 0.2) is 18.2 Å². The summed E-state index contributed by atoms with van der Waals surface area (Å²) in [6.07, 6.45) is -2.45. The second-order valence-electron chi connectivity index (χ2n) is 2.76. The number of benzene rings is 1. The van der Waals surface area contributed by atoms with Gasteiger partial charge in [-0.05, 0) is 18.2 Å². The second kappa shape index (κ2) is 4.92. The molecule has 1 N–H and O–H groups in total. The molecule has 76 valence electrons. The SMILES string of the molecule is N#Cc1ccc(NCC(F)F)cc1C#N. The van der Waals surface area contributed by atoms with Gasteiger partial charge in [-0.3, -0.25) is 0 Å². The summed E-state index contributed by atoms with van der Waals surface area (Å²) in [4.78, 5) is 0. The number of hydrogen-bond acceptors (Lipinski definition) is 3. The molecule has 0 saturated carbocycles. The van der Waals surface area contributed by atoms with Crippen LogP contribution in [-0.4, -0.2) is 13.0 Å². The fourth-order valence-electron chi connectivity index (χ4n) is 1.04. The zero-order valence-electron chi connectivity index (χ0n) is 7.67. The molecule has 5 heteroatoms. The minimum Gasteiger partial charge on any atom is -0.379 e. The van der Waals surface area contributed by atoms with Crippen molar-refractivity contribution in [2.45, 2.75) is 6.43 Å². The molecule has 0 heterocycles. The van der Waals surface area contributed by atoms with E-state index in [9.17, 15) is 8.78 Å². The Hall–Kier alpha value is -2.14. The number of nitrogens with one attached hydrogen (secondary N) is 1. The van der Waals surface area contributed by atoms with Gasteiger partial charge in [0, 0.05) is 5.69 Å². The number of alkyl halides is 2. The van der Waals surface area contributed by atoms with E-state index < -0.39 is 13.0 Å². The number of nitriles is 2. The average Bonchev–Trinajstić information content (AvgIpc) is 2.25. The van der Waals surface area contributed by atoms with Crippen molar-refractivity contribution in [3.8, 4) is 12.1 Å². The summed E-state index contributed by atoms with van der Waals surface area (Å²) in [6.45, 7) is -0.475. The highest BCUT2D eigenvalue weighted by Gasteiger charge is 2.05. The molecule has 0 saturated heterocycles. The minimum atomic E-state index is -2.45. The zero-order chi connectivity index (χ0) is 11.3. The molecule has 1 aromatic rings. The van der Waals surface area contributed by atoms with Gasteiger partial charge in [0.05, 0.1) is 17.7 Å². The maximum atomic E-state index is 11.9. The number of anilines is 1. The first-order valence-electron chi connectivity index (χ1n) is 4.13. The summed E-state index contributed by atoms with van der Waals surface area (Å²) in [5.74, 6) is 0. The lowest BCUT2D eigenvalue weighted by atomic mass is 10.1. The van der Waals surface area contributed by atoms with E-state index in [1.807, 2.05) is 12.1 Å². The van der Waals surface area contributed by atoms with E-state index in [-0.39, 0.29) is 11.1 Å². The van der Waals surface area contributed by atoms with Gasteiger partial charge in [0.15, 0.2) is 0 Å². The quantitative estimate of drug-likeness (QED) is 0.825. The second-order valence-corrected chi connectivity index (χ2v) is 2.76. The molecule has 1 aromatic carbocycles. The lowest BCUT2D eigenvalue weighted by molar-refractivity contribution is 0.163. The smallest absolute Gasteiger partial charge is 0.255 e. The lowest BCUT2D eigenvalue weighted by Gasteiger charge is -2.05. The first-order chi connectivity index (χ1) is 7.17. The van der Waals surface area contributed by atoms with Crippen molar-refractivity contribution in [2.75, 3.05) is 11.9 Å². The van der Waals surface area contributed by atoms with E-state index >= 15 is 0 Å². The van der Waals surface area contributed by atoms with Crippen LogP contribution in [0.4, 0.5) is 14.5 Å². The summed E-state index contributed by atoms with van der Waals surface area (Å²) in [7, 11) is 0. The molecule has 15 heavy (non-hydrogen) atoms. The van der Waals surface area contributed by atoms with Crippen LogP contribution >= 0.6 is 0 Å². The van der Waals surface area contributed by atoms with Gasteiger partial charge in [-0.2, -0.15) is 10.5 Å². The Morgan fingerprint density at radius 3 is 2.40 bits per heavy atom. The highest BCUT2D eigenvalue weighted by atomic mass is 19.3. The van der Waals surface area contributed by atoms with E-state index in [1.54, 1.807) is 0 Å². The van der Waals surface area contributed by atoms with Gasteiger partial charge in [-0.15, -0.1) is 0 Å². The molecule has 0 aliphatic heterocycles. The van der Waals surface area contributed by atoms with Crippen LogP contribution < -0.4 is 5.32 Å². The van der Waals surface area contributed by atoms with Crippen LogP contribution in [-0.2, 0) is 0 Å². The van der Waals surface area contributed by atoms with Crippen molar-refractivity contribution in [1.82, 2.24) is 0 Å². The molecule has 3 nitrogen and oxygen atoms in total. The fourth-order valence-corrected chi connectivity index (χ4v) is 1.04. The van der Waals surface area contributed by atoms with Crippen LogP contribution in [0.25, 0.3) is 0 Å². The van der Waals surface area contributed by atoms with Gasteiger partial charge < -0.3 is 5.32 Å². The third-order valence-corrected chi connectivity index (χ3v) is 1.72. The molecule has 0 atom stereocenters. The van der Waals surface area contributed by atoms with E-state index in [4.69, 9.17) is 10.5 Å². The van der Waals surface area contributed by atoms with Gasteiger partial charge in [0.2, 0.25) is 0 Å². The van der Waals surface area contributed by atoms with Gasteiger partial charge in [-0.25, -0.2) is 8.78 Å². The Morgan fingerprint density at radius 2 is 1.87 bits per heavy atom. The molecule has 0 aromatic heterocycles. The van der Waals surface area contributed by atoms with Gasteiger partial charge in [0.1, 0.15) is 12.1 Å². The van der Waals surface area contributed by atoms with Gasteiger partial charge in [-0.1, -0.05) is 0 Å². The predicted octanol–water partition coefficient (Wildman–Crippen LogP) is 2.11. The Bertz CT molecular complexity index is 429. The highest BCUT2D eigenvalue weighted by molar-refractivity contribution is 5.56. The number of halogens is 2. The first-order valence-corrected chi connectivity index (χ1v) is 4.13. The summed E-state index contributed by atoms with van der Waals surface area (Å²) in [6, 6.07) is 7.95. The molecule has 0 bridgehead atoms. The normalized spacial score (nSPS) is 9.40. The molecule has 0 spiro atoms. The van der Waals surface area contributed by atoms with Crippen LogP contribution in [0, 0.1) is 22.7 Å². The number of hydrogen-bond donors (Lipinski definition) is 1. The molecular weight excluding hydrogens is 200 g/mol. The summed E-state index contributed by atoms with van der Waals surface area (Å²) < 4.78 is 23.7. The largest absolute Gasteiger partial charge is 0.379 e. The summed E-state index contributed by atoms with van der Waals surface area (Å²) in [5, 5.41) is 19.8. The maximum absolute atomic E-state index is 11.9. The topological polar surface area (TPSA) is 59.6 Å². The molecule has 0 fully saturated rings. The van der Waals surface area contributed by atoms with Crippen molar-refractivity contribution < 1.29 is 8.78 Å². The molecule has 0 unspecified atom stereocenters. The fraction of sp³-hybridized carbons (Fsp3) is 0.200. The van der Waals surface area contributed by atoms with Crippen LogP contribution in [0.2, 0.25) is 0 Å². The van der Waals surface area contributed by atoms with E-state index in [2.05, 4.69) is 5.32 Å². The van der Waals surface area contributed by atoms with Crippen molar-refractivity contribution in [3.05, 3.63) is 29.3 Å². The third-order valence-electron chi connectivity index (χ3n) is 1.72. The van der Waals surface area contributed by atoms with Gasteiger partial charge in [0.25, 0.3) is 6.43 Å². The van der Waals surface area contributed by atoms with Gasteiger partial charge >= 0.3 is 0 Å². The monoisotopic (exact) mass is 207 g/mol. The summed E-state index contributed by atoms with van der Waals surface area (Å²) >= 11 is 0. The minimum absolute atomic E-state index is 0.178. The van der Waals surface area contributed by atoms with Crippen LogP contribution in [0.3, 0.4) is 0 Å². The van der Waals surface area contributed by atoms with E-state index in [0.29, 0.717) is 5.69 Å². The zero-order valence-corrected chi connectivity index (χ0v) is 7.67. The molecule has 0 aliphatic carbocycles. The van der Waals surface area contributed by atoms with E-state index in [1.165, 1.54) is 18.2 Å². The van der Waals surface area contributed by atoms with Crippen molar-refractivity contribution in [3.63, 3.8) is 0 Å². The molecule has 0 radical (unpaired) electrons. The Balaban J connectivity index is 2.86. The Kier molecular flexibility index (Phi) is 3.59. The average molecular weight is 207 g/mol. The lowest BCUT2D eigenvalue weighted by Crippen LogP contribution is -2.10. The Morgan fingerprint density at radius 1 is 1.20 bits per heavy atom. The van der Waals surface area contributed by atoms with Crippen LogP contribution in [0.5, 0.6) is 0 Å². The Labute approximate surface area is 85.6 Å². The molecule has 0 aliphatic rings. The van der Waals surface area contributed by atoms with E-state index in [0.717, 1.165) is 0 Å². The molecule has 0 amide bonds. The maximum Gasteiger partial charge on any atom is 0.255 e. The third kappa shape index (κ3) is 2.92. The van der Waals surface area contributed by atoms with Crippen molar-refractivity contribution in [1.29, 1.82) is 10.5 Å². The molecule has 1 rings (SSSR count). The highest BCUT2D eigenvalue weighted by Crippen LogP contribution is 2.14. The number of rotatable bonds is 3. The standard InChI is InChI=1S/C10H7F2N3/c11-10(12)6-15-9-2-1-7(4-13)8(3-9)5-14/h1-3,10,15H,6H2. The van der Waals surface area contributed by atoms with Crippen molar-refractivity contribution >= 4 is 5.69 Å². The molecular formula is C10H7F2N3. The van der Waals surface area contributed by atoms with Crippen LogP contribution in [0.1, 0.15) is 11.1 Å².